The fourth-order valence-corrected chi connectivity index (χ4v) is 2.72. The fourth-order valence-electron chi connectivity index (χ4n) is 2.72. The van der Waals surface area contributed by atoms with Crippen LogP contribution >= 0.6 is 0 Å². The molecule has 1 aliphatic rings. The number of H-pyrrole nitrogens is 1. The smallest absolute Gasteiger partial charge is 0.267 e. The lowest BCUT2D eigenvalue weighted by molar-refractivity contribution is 0.0946. The van der Waals surface area contributed by atoms with Crippen LogP contribution in [0.3, 0.4) is 0 Å². The molecule has 0 saturated carbocycles. The quantitative estimate of drug-likeness (QED) is 0.778. The number of nitrogens with one attached hydrogen (secondary N) is 2. The molecule has 2 aromatic carbocycles. The van der Waals surface area contributed by atoms with E-state index in [1.165, 1.54) is 12.1 Å². The van der Waals surface area contributed by atoms with Gasteiger partial charge in [-0.2, -0.15) is 0 Å². The predicted octanol–water partition coefficient (Wildman–Crippen LogP) is 3.01. The second-order valence-corrected chi connectivity index (χ2v) is 5.54. The van der Waals surface area contributed by atoms with E-state index in [0.29, 0.717) is 47.9 Å². The number of carbonyl (C=O) groups is 1. The van der Waals surface area contributed by atoms with Gasteiger partial charge in [0.15, 0.2) is 11.5 Å². The Morgan fingerprint density at radius 1 is 1.12 bits per heavy atom. The Morgan fingerprint density at radius 2 is 1.96 bits per heavy atom. The lowest BCUT2D eigenvalue weighted by atomic mass is 10.2. The third-order valence-electron chi connectivity index (χ3n) is 3.92. The summed E-state index contributed by atoms with van der Waals surface area (Å²) in [4.78, 5) is 15.2. The molecule has 3 aromatic rings. The molecule has 0 spiro atoms. The minimum absolute atomic E-state index is 0.291. The van der Waals surface area contributed by atoms with E-state index in [-0.39, 0.29) is 11.7 Å². The number of halogens is 1. The van der Waals surface area contributed by atoms with Gasteiger partial charge < -0.3 is 19.8 Å². The number of hydrogen-bond donors (Lipinski definition) is 2. The largest absolute Gasteiger partial charge is 0.486 e. The predicted molar refractivity (Wildman–Crippen MR) is 86.9 cm³/mol. The number of benzene rings is 2. The van der Waals surface area contributed by atoms with Crippen LogP contribution in [0, 0.1) is 5.82 Å². The zero-order chi connectivity index (χ0) is 16.5. The van der Waals surface area contributed by atoms with Crippen molar-refractivity contribution in [2.24, 2.45) is 0 Å². The Kier molecular flexibility index (Phi) is 3.57. The number of aromatic nitrogens is 1. The van der Waals surface area contributed by atoms with Crippen molar-refractivity contribution < 1.29 is 18.7 Å². The van der Waals surface area contributed by atoms with E-state index in [4.69, 9.17) is 9.47 Å². The first-order valence-corrected chi connectivity index (χ1v) is 7.65. The number of fused-ring (bicyclic) bond motifs is 2. The summed E-state index contributed by atoms with van der Waals surface area (Å²) in [5.74, 6) is 0.748. The molecule has 2 N–H and O–H groups in total. The Bertz CT molecular complexity index is 920. The molecule has 1 aliphatic heterocycles. The maximum Gasteiger partial charge on any atom is 0.267 e. The van der Waals surface area contributed by atoms with Crippen molar-refractivity contribution in [3.63, 3.8) is 0 Å². The van der Waals surface area contributed by atoms with Crippen molar-refractivity contribution in [3.05, 3.63) is 59.5 Å². The lowest BCUT2D eigenvalue weighted by Crippen LogP contribution is -2.23. The molecule has 0 radical (unpaired) electrons. The first kappa shape index (κ1) is 14.6. The monoisotopic (exact) mass is 326 g/mol. The second kappa shape index (κ2) is 5.88. The van der Waals surface area contributed by atoms with Crippen LogP contribution < -0.4 is 14.8 Å². The summed E-state index contributed by atoms with van der Waals surface area (Å²) in [6.45, 7) is 1.40. The second-order valence-electron chi connectivity index (χ2n) is 5.54. The standard InChI is InChI=1S/C18H15FN2O3/c19-13-2-1-3-14-12(13)9-15(21-14)18(22)20-10-11-4-5-16-17(8-11)24-7-6-23-16/h1-5,8-9,21H,6-7,10H2,(H,20,22). The van der Waals surface area contributed by atoms with E-state index in [9.17, 15) is 9.18 Å². The molecular formula is C18H15FN2O3. The van der Waals surface area contributed by atoms with Crippen LogP contribution in [0.25, 0.3) is 10.9 Å². The third kappa shape index (κ3) is 2.67. The number of hydrogen-bond acceptors (Lipinski definition) is 3. The summed E-state index contributed by atoms with van der Waals surface area (Å²) in [5.41, 5.74) is 1.82. The van der Waals surface area contributed by atoms with E-state index < -0.39 is 0 Å². The maximum atomic E-state index is 13.7. The molecule has 0 bridgehead atoms. The molecule has 0 atom stereocenters. The van der Waals surface area contributed by atoms with E-state index >= 15 is 0 Å². The Labute approximate surface area is 137 Å². The van der Waals surface area contributed by atoms with Gasteiger partial charge in [0.05, 0.1) is 0 Å². The molecule has 1 amide bonds. The molecule has 122 valence electrons. The highest BCUT2D eigenvalue weighted by Crippen LogP contribution is 2.30. The minimum Gasteiger partial charge on any atom is -0.486 e. The first-order valence-electron chi connectivity index (χ1n) is 7.65. The molecule has 24 heavy (non-hydrogen) atoms. The molecule has 1 aromatic heterocycles. The third-order valence-corrected chi connectivity index (χ3v) is 3.92. The van der Waals surface area contributed by atoms with Crippen LogP contribution in [-0.2, 0) is 6.54 Å². The molecule has 2 heterocycles. The molecular weight excluding hydrogens is 311 g/mol. The van der Waals surface area contributed by atoms with Gasteiger partial charge in [-0.15, -0.1) is 0 Å². The van der Waals surface area contributed by atoms with Gasteiger partial charge in [-0.05, 0) is 35.9 Å². The van der Waals surface area contributed by atoms with E-state index in [0.717, 1.165) is 5.56 Å². The molecule has 4 rings (SSSR count). The van der Waals surface area contributed by atoms with Gasteiger partial charge in [0.25, 0.3) is 5.91 Å². The van der Waals surface area contributed by atoms with Crippen molar-refractivity contribution in [1.29, 1.82) is 0 Å². The van der Waals surface area contributed by atoms with Gasteiger partial charge in [0.2, 0.25) is 0 Å². The molecule has 0 fully saturated rings. The van der Waals surface area contributed by atoms with Crippen molar-refractivity contribution >= 4 is 16.8 Å². The summed E-state index contributed by atoms with van der Waals surface area (Å²) < 4.78 is 24.7. The van der Waals surface area contributed by atoms with Crippen molar-refractivity contribution in [1.82, 2.24) is 10.3 Å². The number of aromatic amines is 1. The molecule has 0 unspecified atom stereocenters. The van der Waals surface area contributed by atoms with Gasteiger partial charge in [-0.3, -0.25) is 4.79 Å². The number of amides is 1. The van der Waals surface area contributed by atoms with Crippen molar-refractivity contribution in [3.8, 4) is 11.5 Å². The molecule has 6 heteroatoms. The summed E-state index contributed by atoms with van der Waals surface area (Å²) >= 11 is 0. The molecule has 0 aliphatic carbocycles. The summed E-state index contributed by atoms with van der Waals surface area (Å²) in [7, 11) is 0. The van der Waals surface area contributed by atoms with Crippen LogP contribution in [0.5, 0.6) is 11.5 Å². The lowest BCUT2D eigenvalue weighted by Gasteiger charge is -2.18. The molecule has 5 nitrogen and oxygen atoms in total. The normalized spacial score (nSPS) is 13.0. The first-order chi connectivity index (χ1) is 11.7. The fraction of sp³-hybridized carbons (Fsp3) is 0.167. The van der Waals surface area contributed by atoms with E-state index in [1.54, 1.807) is 12.1 Å². The van der Waals surface area contributed by atoms with Crippen LogP contribution in [0.4, 0.5) is 4.39 Å². The number of carbonyl (C=O) groups excluding carboxylic acids is 1. The summed E-state index contributed by atoms with van der Waals surface area (Å²) in [5, 5.41) is 3.22. The van der Waals surface area contributed by atoms with Gasteiger partial charge in [-0.25, -0.2) is 4.39 Å². The highest BCUT2D eigenvalue weighted by molar-refractivity contribution is 5.98. The zero-order valence-corrected chi connectivity index (χ0v) is 12.8. The van der Waals surface area contributed by atoms with Crippen LogP contribution in [0.2, 0.25) is 0 Å². The number of ether oxygens (including phenoxy) is 2. The average molecular weight is 326 g/mol. The summed E-state index contributed by atoms with van der Waals surface area (Å²) in [6.07, 6.45) is 0. The topological polar surface area (TPSA) is 63.4 Å². The Hall–Kier alpha value is -3.02. The maximum absolute atomic E-state index is 13.7. The van der Waals surface area contributed by atoms with Crippen LogP contribution in [-0.4, -0.2) is 24.1 Å². The van der Waals surface area contributed by atoms with Gasteiger partial charge in [0.1, 0.15) is 24.7 Å². The van der Waals surface area contributed by atoms with Crippen LogP contribution in [0.1, 0.15) is 16.1 Å². The Balaban J connectivity index is 1.48. The average Bonchev–Trinajstić information content (AvgIpc) is 3.05. The Morgan fingerprint density at radius 3 is 2.79 bits per heavy atom. The van der Waals surface area contributed by atoms with Gasteiger partial charge in [0, 0.05) is 17.4 Å². The van der Waals surface area contributed by atoms with Crippen molar-refractivity contribution in [2.45, 2.75) is 6.54 Å². The number of rotatable bonds is 3. The minimum atomic E-state index is -0.352. The van der Waals surface area contributed by atoms with Gasteiger partial charge >= 0.3 is 0 Å². The van der Waals surface area contributed by atoms with E-state index in [2.05, 4.69) is 10.3 Å². The zero-order valence-electron chi connectivity index (χ0n) is 12.8. The van der Waals surface area contributed by atoms with Gasteiger partial charge in [-0.1, -0.05) is 12.1 Å². The van der Waals surface area contributed by atoms with E-state index in [1.807, 2.05) is 18.2 Å². The highest BCUT2D eigenvalue weighted by atomic mass is 19.1. The van der Waals surface area contributed by atoms with Crippen LogP contribution in [0.15, 0.2) is 42.5 Å². The summed E-state index contributed by atoms with van der Waals surface area (Å²) in [6, 6.07) is 11.8. The highest BCUT2D eigenvalue weighted by Gasteiger charge is 2.14. The van der Waals surface area contributed by atoms with Crippen molar-refractivity contribution in [2.75, 3.05) is 13.2 Å². The SMILES string of the molecule is O=C(NCc1ccc2c(c1)OCCO2)c1cc2c(F)cccc2[nH]1. The molecule has 0 saturated heterocycles.